The van der Waals surface area contributed by atoms with Gasteiger partial charge < -0.3 is 16.0 Å². The number of rotatable bonds is 5. The number of aromatic nitrogens is 4. The number of halogens is 3. The largest absolute Gasteiger partial charge is 0.421 e. The van der Waals surface area contributed by atoms with Crippen molar-refractivity contribution in [1.82, 2.24) is 20.2 Å². The minimum Gasteiger partial charge on any atom is -0.361 e. The number of aryl methyl sites for hydroxylation is 1. The van der Waals surface area contributed by atoms with Gasteiger partial charge in [-0.15, -0.1) is 0 Å². The number of hydrogen-bond donors (Lipinski definition) is 4. The summed E-state index contributed by atoms with van der Waals surface area (Å²) in [7, 11) is 0. The van der Waals surface area contributed by atoms with Crippen molar-refractivity contribution in [3.8, 4) is 0 Å². The molecule has 1 aliphatic rings. The first kappa shape index (κ1) is 19.7. The molecule has 0 bridgehead atoms. The molecule has 0 spiro atoms. The Morgan fingerprint density at radius 3 is 2.73 bits per heavy atom. The van der Waals surface area contributed by atoms with Crippen molar-refractivity contribution < 1.29 is 18.0 Å². The molecule has 4 rings (SSSR count). The molecule has 1 amide bonds. The molecule has 3 aromatic rings. The average molecular weight is 417 g/mol. The number of aromatic amines is 1. The second-order valence-electron chi connectivity index (χ2n) is 7.02. The van der Waals surface area contributed by atoms with E-state index in [-0.39, 0.29) is 24.1 Å². The number of hydrogen-bond acceptors (Lipinski definition) is 6. The summed E-state index contributed by atoms with van der Waals surface area (Å²) in [4.78, 5) is 19.3. The first-order valence-corrected chi connectivity index (χ1v) is 9.11. The lowest BCUT2D eigenvalue weighted by Gasteiger charge is -2.18. The van der Waals surface area contributed by atoms with Crippen LogP contribution in [0.3, 0.4) is 0 Å². The summed E-state index contributed by atoms with van der Waals surface area (Å²) in [5.74, 6) is -0.471. The van der Waals surface area contributed by atoms with Crippen LogP contribution < -0.4 is 16.0 Å². The van der Waals surface area contributed by atoms with Gasteiger partial charge in [0.2, 0.25) is 11.9 Å². The van der Waals surface area contributed by atoms with E-state index in [4.69, 9.17) is 0 Å². The van der Waals surface area contributed by atoms with E-state index in [2.05, 4.69) is 36.1 Å². The van der Waals surface area contributed by atoms with Gasteiger partial charge in [-0.3, -0.25) is 9.89 Å². The number of carbonyl (C=O) groups is 1. The third-order valence-corrected chi connectivity index (χ3v) is 4.60. The lowest BCUT2D eigenvalue weighted by molar-refractivity contribution is -0.137. The van der Waals surface area contributed by atoms with Crippen molar-refractivity contribution in [3.63, 3.8) is 0 Å². The molecule has 1 aliphatic heterocycles. The van der Waals surface area contributed by atoms with Crippen molar-refractivity contribution in [3.05, 3.63) is 53.0 Å². The Hall–Kier alpha value is -3.63. The molecule has 30 heavy (non-hydrogen) atoms. The average Bonchev–Trinajstić information content (AvgIpc) is 3.25. The molecule has 11 heteroatoms. The zero-order valence-electron chi connectivity index (χ0n) is 16.1. The van der Waals surface area contributed by atoms with Crippen LogP contribution in [0.1, 0.15) is 35.5 Å². The standard InChI is InChI=1S/C19H18F3N7O/c1-9-5-15(29-28-9)10(2)24-17-13(19(20,21)22)8-23-18(27-17)25-12-3-4-14-11(6-12)7-16(30)26-14/h3-6,8,10H,7H2,1-2H3,(H,26,30)(H,28,29)(H2,23,24,25,27). The number of fused-ring (bicyclic) bond motifs is 1. The normalized spacial score (nSPS) is 14.2. The number of amides is 1. The highest BCUT2D eigenvalue weighted by Gasteiger charge is 2.36. The van der Waals surface area contributed by atoms with Crippen molar-refractivity contribution in [2.24, 2.45) is 0 Å². The molecule has 1 aromatic carbocycles. The van der Waals surface area contributed by atoms with Crippen LogP contribution in [0.4, 0.5) is 36.3 Å². The topological polar surface area (TPSA) is 108 Å². The van der Waals surface area contributed by atoms with Gasteiger partial charge in [0.15, 0.2) is 0 Å². The highest BCUT2D eigenvalue weighted by Crippen LogP contribution is 2.35. The van der Waals surface area contributed by atoms with Gasteiger partial charge in [0.05, 0.1) is 18.2 Å². The maximum absolute atomic E-state index is 13.4. The van der Waals surface area contributed by atoms with Crippen LogP contribution in [0.15, 0.2) is 30.5 Å². The molecule has 156 valence electrons. The highest BCUT2D eigenvalue weighted by molar-refractivity contribution is 5.99. The van der Waals surface area contributed by atoms with Gasteiger partial charge >= 0.3 is 6.18 Å². The van der Waals surface area contributed by atoms with E-state index in [0.29, 0.717) is 17.1 Å². The first-order valence-electron chi connectivity index (χ1n) is 9.11. The van der Waals surface area contributed by atoms with Gasteiger partial charge in [0.1, 0.15) is 11.4 Å². The van der Waals surface area contributed by atoms with Crippen molar-refractivity contribution in [2.75, 3.05) is 16.0 Å². The van der Waals surface area contributed by atoms with Crippen LogP contribution in [0, 0.1) is 6.92 Å². The van der Waals surface area contributed by atoms with E-state index in [1.54, 1.807) is 38.1 Å². The van der Waals surface area contributed by atoms with Crippen molar-refractivity contribution in [2.45, 2.75) is 32.5 Å². The second-order valence-corrected chi connectivity index (χ2v) is 7.02. The molecule has 0 saturated carbocycles. The Morgan fingerprint density at radius 1 is 1.23 bits per heavy atom. The number of nitrogens with one attached hydrogen (secondary N) is 4. The van der Waals surface area contributed by atoms with E-state index in [1.165, 1.54) is 0 Å². The quantitative estimate of drug-likeness (QED) is 0.501. The van der Waals surface area contributed by atoms with Gasteiger partial charge in [0, 0.05) is 23.3 Å². The zero-order chi connectivity index (χ0) is 21.5. The minimum atomic E-state index is -4.62. The van der Waals surface area contributed by atoms with Crippen LogP contribution in [0.2, 0.25) is 0 Å². The van der Waals surface area contributed by atoms with E-state index in [0.717, 1.165) is 17.5 Å². The highest BCUT2D eigenvalue weighted by atomic mass is 19.4. The van der Waals surface area contributed by atoms with Gasteiger partial charge in [-0.1, -0.05) is 0 Å². The Morgan fingerprint density at radius 2 is 2.03 bits per heavy atom. The van der Waals surface area contributed by atoms with E-state index < -0.39 is 17.8 Å². The van der Waals surface area contributed by atoms with Crippen LogP contribution in [0.5, 0.6) is 0 Å². The van der Waals surface area contributed by atoms with Crippen LogP contribution in [0.25, 0.3) is 0 Å². The summed E-state index contributed by atoms with van der Waals surface area (Å²) >= 11 is 0. The molecular weight excluding hydrogens is 399 g/mol. The van der Waals surface area contributed by atoms with E-state index in [9.17, 15) is 18.0 Å². The van der Waals surface area contributed by atoms with Crippen LogP contribution in [-0.2, 0) is 17.4 Å². The fraction of sp³-hybridized carbons (Fsp3) is 0.263. The Bertz CT molecular complexity index is 1110. The van der Waals surface area contributed by atoms with Gasteiger partial charge in [-0.05, 0) is 43.7 Å². The van der Waals surface area contributed by atoms with Gasteiger partial charge in [-0.2, -0.15) is 23.3 Å². The van der Waals surface area contributed by atoms with Crippen molar-refractivity contribution in [1.29, 1.82) is 0 Å². The lowest BCUT2D eigenvalue weighted by Crippen LogP contribution is -2.16. The summed E-state index contributed by atoms with van der Waals surface area (Å²) in [5.41, 5.74) is 2.44. The van der Waals surface area contributed by atoms with Gasteiger partial charge in [-0.25, -0.2) is 4.98 Å². The summed E-state index contributed by atoms with van der Waals surface area (Å²) in [6.45, 7) is 3.49. The second kappa shape index (κ2) is 7.32. The number of benzene rings is 1. The SMILES string of the molecule is Cc1cc(C(C)Nc2nc(Nc3ccc4c(c3)CC(=O)N4)ncc2C(F)(F)F)n[nH]1. The summed E-state index contributed by atoms with van der Waals surface area (Å²) in [6, 6.07) is 6.36. The number of anilines is 4. The fourth-order valence-corrected chi connectivity index (χ4v) is 3.14. The first-order chi connectivity index (χ1) is 14.2. The third-order valence-electron chi connectivity index (χ3n) is 4.60. The van der Waals surface area contributed by atoms with E-state index >= 15 is 0 Å². The maximum Gasteiger partial charge on any atom is 0.421 e. The molecule has 0 fully saturated rings. The summed E-state index contributed by atoms with van der Waals surface area (Å²) in [5, 5.41) is 15.2. The molecule has 0 aliphatic carbocycles. The molecule has 4 N–H and O–H groups in total. The number of H-pyrrole nitrogens is 1. The molecule has 3 heterocycles. The third kappa shape index (κ3) is 4.04. The predicted molar refractivity (Wildman–Crippen MR) is 104 cm³/mol. The molecule has 0 saturated heterocycles. The Labute approximate surface area is 169 Å². The molecule has 1 unspecified atom stereocenters. The van der Waals surface area contributed by atoms with Crippen LogP contribution >= 0.6 is 0 Å². The number of nitrogens with zero attached hydrogens (tertiary/aromatic N) is 3. The lowest BCUT2D eigenvalue weighted by atomic mass is 10.1. The maximum atomic E-state index is 13.4. The Balaban J connectivity index is 1.61. The zero-order valence-corrected chi connectivity index (χ0v) is 16.1. The Kier molecular flexibility index (Phi) is 4.80. The minimum absolute atomic E-state index is 0.00635. The predicted octanol–water partition coefficient (Wildman–Crippen LogP) is 3.94. The molecule has 0 radical (unpaired) electrons. The molecule has 8 nitrogen and oxygen atoms in total. The van der Waals surface area contributed by atoms with Crippen LogP contribution in [-0.4, -0.2) is 26.1 Å². The van der Waals surface area contributed by atoms with E-state index in [1.807, 2.05) is 0 Å². The summed E-state index contributed by atoms with van der Waals surface area (Å²) < 4.78 is 40.3. The summed E-state index contributed by atoms with van der Waals surface area (Å²) in [6.07, 6.45) is -3.65. The fourth-order valence-electron chi connectivity index (χ4n) is 3.14. The molecule has 1 atom stereocenters. The van der Waals surface area contributed by atoms with Crippen molar-refractivity contribution >= 4 is 29.0 Å². The number of alkyl halides is 3. The number of carbonyl (C=O) groups excluding carboxylic acids is 1. The smallest absolute Gasteiger partial charge is 0.361 e. The molecular formula is C19H18F3N7O. The van der Waals surface area contributed by atoms with Gasteiger partial charge in [0.25, 0.3) is 0 Å². The monoisotopic (exact) mass is 417 g/mol. The molecule has 2 aromatic heterocycles.